The molecule has 1 aromatic heterocycles. The van der Waals surface area contributed by atoms with Crippen LogP contribution in [0.2, 0.25) is 5.02 Å². The first-order valence-electron chi connectivity index (χ1n) is 2.34. The van der Waals surface area contributed by atoms with Crippen molar-refractivity contribution >= 4 is 11.6 Å². The van der Waals surface area contributed by atoms with Gasteiger partial charge in [0.15, 0.2) is 0 Å². The maximum atomic E-state index is 11.4. The second-order valence-corrected chi connectivity index (χ2v) is 1.83. The molecular weight excluding hydrogens is 166 g/mol. The first kappa shape index (κ1) is 7.27. The predicted molar refractivity (Wildman–Crippen MR) is 30.2 cm³/mol. The number of H-pyrrole nitrogens is 1. The molecule has 0 aliphatic heterocycles. The Balaban J connectivity index is 2.65. The van der Waals surface area contributed by atoms with E-state index in [0.29, 0.717) is 0 Å². The molecule has 1 aromatic rings. The van der Waals surface area contributed by atoms with Crippen LogP contribution in [0.25, 0.3) is 0 Å². The minimum absolute atomic E-state index is 0.0419. The monoisotopic (exact) mass is 168 g/mol. The van der Waals surface area contributed by atoms with E-state index in [-0.39, 0.29) is 10.9 Å². The number of nitrogens with one attached hydrogen (secondary N) is 1. The number of hydrogen-bond acceptors (Lipinski definition) is 2. The molecule has 0 bridgehead atoms. The Bertz CT molecular complexity index is 215. The molecular formula is C4H3ClF2N2O. The van der Waals surface area contributed by atoms with Crippen molar-refractivity contribution in [3.05, 3.63) is 11.2 Å². The number of aromatic amines is 1. The molecule has 0 atom stereocenters. The van der Waals surface area contributed by atoms with Crippen LogP contribution in [0, 0.1) is 0 Å². The Morgan fingerprint density at radius 2 is 2.40 bits per heavy atom. The average Bonchev–Trinajstić information content (AvgIpc) is 2.15. The number of ether oxygens (including phenoxy) is 1. The SMILES string of the molecule is FC(F)Oc1[nH]ncc1Cl. The molecule has 0 amide bonds. The van der Waals surface area contributed by atoms with Crippen molar-refractivity contribution in [3.63, 3.8) is 0 Å². The zero-order chi connectivity index (χ0) is 7.56. The maximum Gasteiger partial charge on any atom is 0.388 e. The van der Waals surface area contributed by atoms with Gasteiger partial charge < -0.3 is 4.74 Å². The fourth-order valence-electron chi connectivity index (χ4n) is 0.431. The fourth-order valence-corrected chi connectivity index (χ4v) is 0.567. The molecule has 1 heterocycles. The third-order valence-corrected chi connectivity index (χ3v) is 1.04. The quantitative estimate of drug-likeness (QED) is 0.730. The largest absolute Gasteiger partial charge is 0.416 e. The van der Waals surface area contributed by atoms with Gasteiger partial charge in [-0.15, -0.1) is 0 Å². The Morgan fingerprint density at radius 3 is 2.80 bits per heavy atom. The van der Waals surface area contributed by atoms with E-state index in [1.807, 2.05) is 0 Å². The first-order chi connectivity index (χ1) is 4.70. The standard InChI is InChI=1S/C4H3ClF2N2O/c5-2-1-8-9-3(2)10-4(6)7/h1,4H,(H,8,9). The summed E-state index contributed by atoms with van der Waals surface area (Å²) in [5, 5.41) is 5.55. The van der Waals surface area contributed by atoms with Gasteiger partial charge in [-0.1, -0.05) is 11.6 Å². The van der Waals surface area contributed by atoms with Crippen molar-refractivity contribution in [2.45, 2.75) is 6.61 Å². The van der Waals surface area contributed by atoms with Gasteiger partial charge in [0.2, 0.25) is 5.88 Å². The summed E-state index contributed by atoms with van der Waals surface area (Å²) in [6.45, 7) is -2.88. The van der Waals surface area contributed by atoms with E-state index < -0.39 is 6.61 Å². The lowest BCUT2D eigenvalue weighted by Crippen LogP contribution is -2.02. The molecule has 6 heteroatoms. The van der Waals surface area contributed by atoms with Crippen molar-refractivity contribution in [1.82, 2.24) is 10.2 Å². The Kier molecular flexibility index (Phi) is 2.06. The van der Waals surface area contributed by atoms with Crippen LogP contribution in [-0.4, -0.2) is 16.8 Å². The lowest BCUT2D eigenvalue weighted by Gasteiger charge is -1.98. The van der Waals surface area contributed by atoms with Gasteiger partial charge in [-0.05, 0) is 0 Å². The van der Waals surface area contributed by atoms with E-state index in [0.717, 1.165) is 0 Å². The van der Waals surface area contributed by atoms with Crippen LogP contribution in [0.15, 0.2) is 6.20 Å². The van der Waals surface area contributed by atoms with Crippen LogP contribution in [0.1, 0.15) is 0 Å². The van der Waals surface area contributed by atoms with Gasteiger partial charge in [-0.3, -0.25) is 0 Å². The van der Waals surface area contributed by atoms with Crippen LogP contribution in [0.3, 0.4) is 0 Å². The van der Waals surface area contributed by atoms with Crippen molar-refractivity contribution in [2.24, 2.45) is 0 Å². The summed E-state index contributed by atoms with van der Waals surface area (Å²) in [6.07, 6.45) is 1.18. The van der Waals surface area contributed by atoms with Crippen LogP contribution in [0.5, 0.6) is 5.88 Å². The zero-order valence-electron chi connectivity index (χ0n) is 4.64. The highest BCUT2D eigenvalue weighted by Crippen LogP contribution is 2.21. The van der Waals surface area contributed by atoms with Gasteiger partial charge in [0.05, 0.1) is 6.20 Å². The third-order valence-electron chi connectivity index (χ3n) is 0.768. The molecule has 0 saturated heterocycles. The first-order valence-corrected chi connectivity index (χ1v) is 2.71. The molecule has 0 fully saturated rings. The minimum Gasteiger partial charge on any atom is -0.416 e. The number of alkyl halides is 2. The molecule has 0 aromatic carbocycles. The number of hydrogen-bond donors (Lipinski definition) is 1. The summed E-state index contributed by atoms with van der Waals surface area (Å²) in [5.74, 6) is -0.211. The second kappa shape index (κ2) is 2.83. The lowest BCUT2D eigenvalue weighted by molar-refractivity contribution is -0.0528. The molecule has 0 aliphatic carbocycles. The predicted octanol–water partition coefficient (Wildman–Crippen LogP) is 1.66. The van der Waals surface area contributed by atoms with Gasteiger partial charge in [-0.25, -0.2) is 5.10 Å². The highest BCUT2D eigenvalue weighted by atomic mass is 35.5. The summed E-state index contributed by atoms with van der Waals surface area (Å²) in [6, 6.07) is 0. The molecule has 0 spiro atoms. The van der Waals surface area contributed by atoms with Crippen LogP contribution < -0.4 is 4.74 Å². The van der Waals surface area contributed by atoms with Gasteiger partial charge in [-0.2, -0.15) is 13.9 Å². The number of aromatic nitrogens is 2. The zero-order valence-corrected chi connectivity index (χ0v) is 5.40. The molecule has 3 nitrogen and oxygen atoms in total. The van der Waals surface area contributed by atoms with E-state index >= 15 is 0 Å². The van der Waals surface area contributed by atoms with Crippen molar-refractivity contribution in [1.29, 1.82) is 0 Å². The van der Waals surface area contributed by atoms with Crippen LogP contribution in [0.4, 0.5) is 8.78 Å². The Morgan fingerprint density at radius 1 is 1.70 bits per heavy atom. The van der Waals surface area contributed by atoms with Gasteiger partial charge in [0.25, 0.3) is 0 Å². The van der Waals surface area contributed by atoms with E-state index in [1.54, 1.807) is 0 Å². The summed E-state index contributed by atoms with van der Waals surface area (Å²) < 4.78 is 26.8. The fraction of sp³-hybridized carbons (Fsp3) is 0.250. The van der Waals surface area contributed by atoms with Crippen molar-refractivity contribution in [2.75, 3.05) is 0 Å². The molecule has 1 N–H and O–H groups in total. The molecule has 1 rings (SSSR count). The normalized spacial score (nSPS) is 10.4. The van der Waals surface area contributed by atoms with Crippen molar-refractivity contribution in [3.8, 4) is 5.88 Å². The smallest absolute Gasteiger partial charge is 0.388 e. The van der Waals surface area contributed by atoms with E-state index in [4.69, 9.17) is 11.6 Å². The average molecular weight is 169 g/mol. The summed E-state index contributed by atoms with van der Waals surface area (Å²) in [5.41, 5.74) is 0. The molecule has 0 aliphatic rings. The van der Waals surface area contributed by atoms with Gasteiger partial charge in [0, 0.05) is 0 Å². The molecule has 10 heavy (non-hydrogen) atoms. The third kappa shape index (κ3) is 1.57. The van der Waals surface area contributed by atoms with Gasteiger partial charge in [0.1, 0.15) is 5.02 Å². The van der Waals surface area contributed by atoms with E-state index in [2.05, 4.69) is 14.9 Å². The molecule has 56 valence electrons. The second-order valence-electron chi connectivity index (χ2n) is 1.43. The highest BCUT2D eigenvalue weighted by molar-refractivity contribution is 6.31. The molecule has 0 unspecified atom stereocenters. The van der Waals surface area contributed by atoms with Crippen LogP contribution >= 0.6 is 11.6 Å². The number of nitrogens with zero attached hydrogens (tertiary/aromatic N) is 1. The molecule has 0 radical (unpaired) electrons. The lowest BCUT2D eigenvalue weighted by atomic mass is 10.7. The maximum absolute atomic E-state index is 11.4. The Labute approximate surface area is 59.9 Å². The highest BCUT2D eigenvalue weighted by Gasteiger charge is 2.08. The Hall–Kier alpha value is -0.840. The van der Waals surface area contributed by atoms with Crippen LogP contribution in [-0.2, 0) is 0 Å². The minimum atomic E-state index is -2.88. The van der Waals surface area contributed by atoms with E-state index in [9.17, 15) is 8.78 Å². The topological polar surface area (TPSA) is 37.9 Å². The van der Waals surface area contributed by atoms with Crippen molar-refractivity contribution < 1.29 is 13.5 Å². The summed E-state index contributed by atoms with van der Waals surface area (Å²) in [4.78, 5) is 0. The number of rotatable bonds is 2. The van der Waals surface area contributed by atoms with Gasteiger partial charge >= 0.3 is 6.61 Å². The summed E-state index contributed by atoms with van der Waals surface area (Å²) in [7, 11) is 0. The molecule has 0 saturated carbocycles. The summed E-state index contributed by atoms with van der Waals surface area (Å²) >= 11 is 5.33. The number of halogens is 3. The van der Waals surface area contributed by atoms with E-state index in [1.165, 1.54) is 6.20 Å².